The molecule has 4 heterocycles. The highest BCUT2D eigenvalue weighted by Gasteiger charge is 2.03. The summed E-state index contributed by atoms with van der Waals surface area (Å²) in [6.45, 7) is 0.530. The highest BCUT2D eigenvalue weighted by atomic mass is 16.1. The molecule has 7 heteroatoms. The number of anilines is 1. The second-order valence-electron chi connectivity index (χ2n) is 5.24. The summed E-state index contributed by atoms with van der Waals surface area (Å²) in [4.78, 5) is 20.8. The molecule has 0 amide bonds. The molecule has 0 radical (unpaired) electrons. The van der Waals surface area contributed by atoms with Gasteiger partial charge in [-0.15, -0.1) is 0 Å². The van der Waals surface area contributed by atoms with Gasteiger partial charge in [-0.05, 0) is 29.8 Å². The minimum absolute atomic E-state index is 0.116. The molecule has 0 aliphatic rings. The van der Waals surface area contributed by atoms with E-state index in [-0.39, 0.29) is 5.56 Å². The van der Waals surface area contributed by atoms with Crippen LogP contribution in [-0.2, 0) is 6.54 Å². The van der Waals surface area contributed by atoms with Gasteiger partial charge in [-0.1, -0.05) is 12.1 Å². The van der Waals surface area contributed by atoms with Crippen molar-refractivity contribution in [2.75, 3.05) is 5.32 Å². The van der Waals surface area contributed by atoms with E-state index in [4.69, 9.17) is 0 Å². The molecule has 4 rings (SSSR count). The van der Waals surface area contributed by atoms with Crippen LogP contribution in [0.3, 0.4) is 0 Å². The van der Waals surface area contributed by atoms with Crippen LogP contribution in [0.4, 0.5) is 5.82 Å². The van der Waals surface area contributed by atoms with Crippen molar-refractivity contribution in [3.05, 3.63) is 83.2 Å². The molecule has 24 heavy (non-hydrogen) atoms. The summed E-state index contributed by atoms with van der Waals surface area (Å²) >= 11 is 0. The molecular weight excluding hydrogens is 304 g/mol. The van der Waals surface area contributed by atoms with E-state index in [9.17, 15) is 4.79 Å². The van der Waals surface area contributed by atoms with Crippen molar-refractivity contribution >= 4 is 11.5 Å². The van der Waals surface area contributed by atoms with Gasteiger partial charge < -0.3 is 5.32 Å². The molecule has 0 unspecified atom stereocenters. The molecule has 4 aromatic heterocycles. The Morgan fingerprint density at radius 2 is 2.04 bits per heavy atom. The summed E-state index contributed by atoms with van der Waals surface area (Å²) in [7, 11) is 0. The van der Waals surface area contributed by atoms with Gasteiger partial charge in [-0.2, -0.15) is 5.10 Å². The van der Waals surface area contributed by atoms with Crippen LogP contribution in [-0.4, -0.2) is 24.1 Å². The highest BCUT2D eigenvalue weighted by Crippen LogP contribution is 2.08. The molecule has 0 aliphatic heterocycles. The van der Waals surface area contributed by atoms with Gasteiger partial charge in [0.05, 0.1) is 0 Å². The van der Waals surface area contributed by atoms with Gasteiger partial charge in [-0.3, -0.25) is 9.20 Å². The number of fused-ring (bicyclic) bond motifs is 1. The van der Waals surface area contributed by atoms with Crippen molar-refractivity contribution in [1.82, 2.24) is 24.1 Å². The second-order valence-corrected chi connectivity index (χ2v) is 5.24. The number of nitrogens with zero attached hydrogens (tertiary/aromatic N) is 5. The zero-order valence-electron chi connectivity index (χ0n) is 12.7. The molecule has 4 aromatic rings. The van der Waals surface area contributed by atoms with E-state index in [1.807, 2.05) is 30.5 Å². The number of rotatable bonds is 4. The lowest BCUT2D eigenvalue weighted by molar-refractivity contribution is 0.843. The van der Waals surface area contributed by atoms with E-state index < -0.39 is 0 Å². The normalized spacial score (nSPS) is 10.8. The fraction of sp³-hybridized carbons (Fsp3) is 0.0588. The lowest BCUT2D eigenvalue weighted by atomic mass is 10.3. The smallest absolute Gasteiger partial charge is 0.259 e. The number of pyridine rings is 2. The molecule has 0 fully saturated rings. The first-order valence-electron chi connectivity index (χ1n) is 7.47. The molecule has 0 atom stereocenters. The number of aromatic nitrogens is 5. The predicted octanol–water partition coefficient (Wildman–Crippen LogP) is 1.89. The van der Waals surface area contributed by atoms with Crippen molar-refractivity contribution in [3.63, 3.8) is 0 Å². The Hall–Kier alpha value is -3.48. The van der Waals surface area contributed by atoms with Crippen LogP contribution < -0.4 is 10.9 Å². The summed E-state index contributed by atoms with van der Waals surface area (Å²) in [5, 5.41) is 7.30. The Balaban J connectivity index is 1.51. The third kappa shape index (κ3) is 2.74. The summed E-state index contributed by atoms with van der Waals surface area (Å²) in [6.07, 6.45) is 7.03. The fourth-order valence-electron chi connectivity index (χ4n) is 2.40. The lowest BCUT2D eigenvalue weighted by Crippen LogP contribution is -2.15. The summed E-state index contributed by atoms with van der Waals surface area (Å²) in [5.74, 6) is 1.30. The quantitative estimate of drug-likeness (QED) is 0.622. The molecule has 0 saturated heterocycles. The third-order valence-electron chi connectivity index (χ3n) is 3.59. The summed E-state index contributed by atoms with van der Waals surface area (Å²) < 4.78 is 3.20. The van der Waals surface area contributed by atoms with Gasteiger partial charge in [-0.25, -0.2) is 14.6 Å². The molecule has 0 aliphatic carbocycles. The monoisotopic (exact) mass is 318 g/mol. The van der Waals surface area contributed by atoms with Crippen molar-refractivity contribution in [1.29, 1.82) is 0 Å². The van der Waals surface area contributed by atoms with Crippen LogP contribution >= 0.6 is 0 Å². The van der Waals surface area contributed by atoms with Gasteiger partial charge >= 0.3 is 0 Å². The Kier molecular flexibility index (Phi) is 3.51. The molecule has 0 bridgehead atoms. The molecule has 118 valence electrons. The minimum Gasteiger partial charge on any atom is -0.366 e. The van der Waals surface area contributed by atoms with Crippen LogP contribution in [0.2, 0.25) is 0 Å². The predicted molar refractivity (Wildman–Crippen MR) is 90.1 cm³/mol. The lowest BCUT2D eigenvalue weighted by Gasteiger charge is -2.07. The Morgan fingerprint density at radius 1 is 1.08 bits per heavy atom. The zero-order chi connectivity index (χ0) is 16.4. The van der Waals surface area contributed by atoms with Gasteiger partial charge in [0.2, 0.25) is 0 Å². The van der Waals surface area contributed by atoms with E-state index in [2.05, 4.69) is 20.4 Å². The van der Waals surface area contributed by atoms with Crippen LogP contribution in [0.15, 0.2) is 72.0 Å². The maximum atomic E-state index is 12.0. The second kappa shape index (κ2) is 5.96. The van der Waals surface area contributed by atoms with E-state index >= 15 is 0 Å². The van der Waals surface area contributed by atoms with Gasteiger partial charge in [0.25, 0.3) is 5.56 Å². The van der Waals surface area contributed by atoms with Crippen LogP contribution in [0.5, 0.6) is 0 Å². The van der Waals surface area contributed by atoms with Gasteiger partial charge in [0.1, 0.15) is 11.5 Å². The van der Waals surface area contributed by atoms with Crippen molar-refractivity contribution in [2.24, 2.45) is 0 Å². The number of hydrogen-bond donors (Lipinski definition) is 1. The first-order chi connectivity index (χ1) is 11.8. The molecule has 7 nitrogen and oxygen atoms in total. The Morgan fingerprint density at radius 3 is 2.83 bits per heavy atom. The standard InChI is InChI=1S/C17H14N6O/c24-17-10-14(21-16-4-1-2-8-22(16)17)18-11-13-5-6-15(19-12-13)23-9-3-7-20-23/h1-10,12,18H,11H2. The molecule has 1 N–H and O–H groups in total. The molecule has 0 spiro atoms. The van der Waals surface area contributed by atoms with Crippen molar-refractivity contribution in [3.8, 4) is 5.82 Å². The van der Waals surface area contributed by atoms with Crippen LogP contribution in [0.25, 0.3) is 11.5 Å². The SMILES string of the molecule is O=c1cc(NCc2ccc(-n3cccn3)nc2)nc2ccccn12. The van der Waals surface area contributed by atoms with E-state index in [1.54, 1.807) is 35.4 Å². The van der Waals surface area contributed by atoms with Crippen molar-refractivity contribution < 1.29 is 0 Å². The van der Waals surface area contributed by atoms with E-state index in [0.717, 1.165) is 11.4 Å². The van der Waals surface area contributed by atoms with Crippen LogP contribution in [0.1, 0.15) is 5.56 Å². The maximum Gasteiger partial charge on any atom is 0.259 e. The minimum atomic E-state index is -0.116. The third-order valence-corrected chi connectivity index (χ3v) is 3.59. The average Bonchev–Trinajstić information content (AvgIpc) is 3.15. The fourth-order valence-corrected chi connectivity index (χ4v) is 2.40. The Labute approximate surface area is 137 Å². The molecular formula is C17H14N6O. The number of nitrogens with one attached hydrogen (secondary N) is 1. The van der Waals surface area contributed by atoms with Gasteiger partial charge in [0, 0.05) is 37.4 Å². The summed E-state index contributed by atoms with van der Waals surface area (Å²) in [5.41, 5.74) is 1.48. The Bertz CT molecular complexity index is 1020. The first kappa shape index (κ1) is 14.1. The molecule has 0 saturated carbocycles. The first-order valence-corrected chi connectivity index (χ1v) is 7.47. The van der Waals surface area contributed by atoms with E-state index in [0.29, 0.717) is 18.0 Å². The number of hydrogen-bond acceptors (Lipinski definition) is 5. The van der Waals surface area contributed by atoms with Crippen LogP contribution in [0, 0.1) is 0 Å². The average molecular weight is 318 g/mol. The highest BCUT2D eigenvalue weighted by molar-refractivity contribution is 5.46. The largest absolute Gasteiger partial charge is 0.366 e. The molecule has 0 aromatic carbocycles. The van der Waals surface area contributed by atoms with Gasteiger partial charge in [0.15, 0.2) is 5.82 Å². The van der Waals surface area contributed by atoms with Crippen molar-refractivity contribution in [2.45, 2.75) is 6.54 Å². The topological polar surface area (TPSA) is 77.1 Å². The zero-order valence-corrected chi connectivity index (χ0v) is 12.7. The van der Waals surface area contributed by atoms with E-state index in [1.165, 1.54) is 10.5 Å². The summed E-state index contributed by atoms with van der Waals surface area (Å²) in [6, 6.07) is 12.6. The maximum absolute atomic E-state index is 12.0.